The molecule has 72 valence electrons. The molecule has 0 amide bonds. The summed E-state index contributed by atoms with van der Waals surface area (Å²) in [4.78, 5) is 0. The summed E-state index contributed by atoms with van der Waals surface area (Å²) in [5.74, 6) is 0.947. The lowest BCUT2D eigenvalue weighted by Gasteiger charge is -2.27. The van der Waals surface area contributed by atoms with E-state index >= 15 is 0 Å². The van der Waals surface area contributed by atoms with Gasteiger partial charge >= 0.3 is 0 Å². The van der Waals surface area contributed by atoms with E-state index in [1.807, 2.05) is 0 Å². The predicted molar refractivity (Wildman–Crippen MR) is 51.0 cm³/mol. The lowest BCUT2D eigenvalue weighted by atomic mass is 9.80. The van der Waals surface area contributed by atoms with Crippen molar-refractivity contribution in [3.8, 4) is 0 Å². The van der Waals surface area contributed by atoms with E-state index in [4.69, 9.17) is 10.5 Å². The highest BCUT2D eigenvalue weighted by Gasteiger charge is 2.19. The van der Waals surface area contributed by atoms with E-state index in [0.29, 0.717) is 6.04 Å². The lowest BCUT2D eigenvalue weighted by Crippen LogP contribution is -2.26. The molecule has 0 spiro atoms. The van der Waals surface area contributed by atoms with Gasteiger partial charge in [0.05, 0.1) is 0 Å². The number of ether oxygens (including phenoxy) is 1. The van der Waals surface area contributed by atoms with Gasteiger partial charge in [0.1, 0.15) is 0 Å². The van der Waals surface area contributed by atoms with Crippen LogP contribution >= 0.6 is 0 Å². The first-order chi connectivity index (χ1) is 5.83. The summed E-state index contributed by atoms with van der Waals surface area (Å²) in [6, 6.07) is 0.422. The average molecular weight is 171 g/mol. The fraction of sp³-hybridized carbons (Fsp3) is 1.00. The van der Waals surface area contributed by atoms with Crippen molar-refractivity contribution in [2.24, 2.45) is 11.7 Å². The molecule has 2 heteroatoms. The van der Waals surface area contributed by atoms with E-state index in [1.165, 1.54) is 25.7 Å². The van der Waals surface area contributed by atoms with E-state index < -0.39 is 0 Å². The van der Waals surface area contributed by atoms with Crippen LogP contribution in [0.25, 0.3) is 0 Å². The highest BCUT2D eigenvalue weighted by Crippen LogP contribution is 2.30. The minimum Gasteiger partial charge on any atom is -0.385 e. The fourth-order valence-corrected chi connectivity index (χ4v) is 1.76. The Morgan fingerprint density at radius 3 is 2.75 bits per heavy atom. The molecule has 1 rings (SSSR count). The third-order valence-electron chi connectivity index (χ3n) is 2.78. The third-order valence-corrected chi connectivity index (χ3v) is 2.78. The molecule has 2 nitrogen and oxygen atoms in total. The zero-order chi connectivity index (χ0) is 8.81. The second-order valence-corrected chi connectivity index (χ2v) is 3.93. The van der Waals surface area contributed by atoms with Crippen LogP contribution in [0.4, 0.5) is 0 Å². The monoisotopic (exact) mass is 171 g/mol. The maximum absolute atomic E-state index is 5.97. The van der Waals surface area contributed by atoms with Gasteiger partial charge in [0.2, 0.25) is 0 Å². The predicted octanol–water partition coefficient (Wildman–Crippen LogP) is 1.93. The number of nitrogens with two attached hydrogens (primary N) is 1. The van der Waals surface area contributed by atoms with Crippen LogP contribution in [0.2, 0.25) is 0 Å². The fourth-order valence-electron chi connectivity index (χ4n) is 1.76. The Morgan fingerprint density at radius 1 is 1.50 bits per heavy atom. The van der Waals surface area contributed by atoms with Gasteiger partial charge in [-0.05, 0) is 25.2 Å². The van der Waals surface area contributed by atoms with Crippen LogP contribution in [0.5, 0.6) is 0 Å². The van der Waals surface area contributed by atoms with Crippen LogP contribution in [0.1, 0.15) is 38.5 Å². The molecule has 0 aromatic heterocycles. The van der Waals surface area contributed by atoms with E-state index in [0.717, 1.165) is 25.4 Å². The molecule has 1 aliphatic rings. The Balaban J connectivity index is 1.91. The smallest absolute Gasteiger partial charge is 0.0462 e. The Hall–Kier alpha value is -0.0800. The normalized spacial score (nSPS) is 20.5. The Kier molecular flexibility index (Phi) is 4.62. The van der Waals surface area contributed by atoms with Crippen molar-refractivity contribution in [2.45, 2.75) is 44.6 Å². The van der Waals surface area contributed by atoms with Gasteiger partial charge in [-0.1, -0.05) is 19.3 Å². The van der Waals surface area contributed by atoms with Gasteiger partial charge < -0.3 is 10.5 Å². The molecule has 0 saturated heterocycles. The zero-order valence-corrected chi connectivity index (χ0v) is 8.09. The first kappa shape index (κ1) is 10.0. The molecule has 0 aromatic rings. The molecule has 1 unspecified atom stereocenters. The second kappa shape index (κ2) is 5.55. The van der Waals surface area contributed by atoms with Gasteiger partial charge in [-0.3, -0.25) is 0 Å². The van der Waals surface area contributed by atoms with Crippen molar-refractivity contribution in [1.29, 1.82) is 0 Å². The van der Waals surface area contributed by atoms with Crippen LogP contribution < -0.4 is 5.73 Å². The van der Waals surface area contributed by atoms with Gasteiger partial charge in [-0.2, -0.15) is 0 Å². The van der Waals surface area contributed by atoms with E-state index in [2.05, 4.69) is 0 Å². The van der Waals surface area contributed by atoms with E-state index in [9.17, 15) is 0 Å². The van der Waals surface area contributed by atoms with Gasteiger partial charge in [-0.25, -0.2) is 0 Å². The van der Waals surface area contributed by atoms with Crippen molar-refractivity contribution < 1.29 is 4.74 Å². The van der Waals surface area contributed by atoms with E-state index in [1.54, 1.807) is 7.11 Å². The minimum absolute atomic E-state index is 0.422. The lowest BCUT2D eigenvalue weighted by molar-refractivity contribution is 0.186. The molecule has 0 aliphatic heterocycles. The SMILES string of the molecule is COCCCC(N)CC1CCC1. The van der Waals surface area contributed by atoms with Crippen molar-refractivity contribution in [3.63, 3.8) is 0 Å². The summed E-state index contributed by atoms with van der Waals surface area (Å²) in [5, 5.41) is 0. The quantitative estimate of drug-likeness (QED) is 0.620. The first-order valence-corrected chi connectivity index (χ1v) is 5.07. The Bertz CT molecular complexity index is 112. The summed E-state index contributed by atoms with van der Waals surface area (Å²) >= 11 is 0. The molecule has 1 aliphatic carbocycles. The van der Waals surface area contributed by atoms with Crippen molar-refractivity contribution >= 4 is 0 Å². The molecule has 1 saturated carbocycles. The maximum atomic E-state index is 5.97. The standard InChI is InChI=1S/C10H21NO/c1-12-7-3-6-10(11)8-9-4-2-5-9/h9-10H,2-8,11H2,1H3. The molecule has 0 aromatic carbocycles. The van der Waals surface area contributed by atoms with Crippen LogP contribution in [-0.4, -0.2) is 19.8 Å². The number of rotatable bonds is 6. The van der Waals surface area contributed by atoms with Crippen molar-refractivity contribution in [3.05, 3.63) is 0 Å². The van der Waals surface area contributed by atoms with Crippen LogP contribution in [0.3, 0.4) is 0 Å². The zero-order valence-electron chi connectivity index (χ0n) is 8.09. The molecule has 0 heterocycles. The average Bonchev–Trinajstić information content (AvgIpc) is 1.98. The summed E-state index contributed by atoms with van der Waals surface area (Å²) in [6.07, 6.45) is 7.74. The van der Waals surface area contributed by atoms with Crippen molar-refractivity contribution in [1.82, 2.24) is 0 Å². The van der Waals surface area contributed by atoms with Gasteiger partial charge in [-0.15, -0.1) is 0 Å². The summed E-state index contributed by atoms with van der Waals surface area (Å²) < 4.78 is 4.98. The summed E-state index contributed by atoms with van der Waals surface area (Å²) in [7, 11) is 1.75. The van der Waals surface area contributed by atoms with Crippen LogP contribution in [0, 0.1) is 5.92 Å². The van der Waals surface area contributed by atoms with Gasteiger partial charge in [0.15, 0.2) is 0 Å². The molecule has 2 N–H and O–H groups in total. The molecule has 1 fully saturated rings. The summed E-state index contributed by atoms with van der Waals surface area (Å²) in [6.45, 7) is 0.859. The Morgan fingerprint density at radius 2 is 2.25 bits per heavy atom. The Labute approximate surface area is 75.5 Å². The molecule has 12 heavy (non-hydrogen) atoms. The largest absolute Gasteiger partial charge is 0.385 e. The second-order valence-electron chi connectivity index (χ2n) is 3.93. The number of hydrogen-bond acceptors (Lipinski definition) is 2. The molecule has 0 radical (unpaired) electrons. The third kappa shape index (κ3) is 3.55. The first-order valence-electron chi connectivity index (χ1n) is 5.07. The van der Waals surface area contributed by atoms with Gasteiger partial charge in [0.25, 0.3) is 0 Å². The maximum Gasteiger partial charge on any atom is 0.0462 e. The minimum atomic E-state index is 0.422. The molecular weight excluding hydrogens is 150 g/mol. The molecule has 1 atom stereocenters. The highest BCUT2D eigenvalue weighted by molar-refractivity contribution is 4.74. The van der Waals surface area contributed by atoms with Crippen molar-refractivity contribution in [2.75, 3.05) is 13.7 Å². The number of methoxy groups -OCH3 is 1. The van der Waals surface area contributed by atoms with Crippen LogP contribution in [0.15, 0.2) is 0 Å². The molecule has 0 bridgehead atoms. The molecular formula is C10H21NO. The van der Waals surface area contributed by atoms with Crippen LogP contribution in [-0.2, 0) is 4.74 Å². The topological polar surface area (TPSA) is 35.2 Å². The number of hydrogen-bond donors (Lipinski definition) is 1. The van der Waals surface area contributed by atoms with Gasteiger partial charge in [0, 0.05) is 19.8 Å². The van der Waals surface area contributed by atoms with E-state index in [-0.39, 0.29) is 0 Å². The highest BCUT2D eigenvalue weighted by atomic mass is 16.5. The summed E-state index contributed by atoms with van der Waals surface area (Å²) in [5.41, 5.74) is 5.97.